The van der Waals surface area contributed by atoms with E-state index in [0.29, 0.717) is 18.8 Å². The lowest BCUT2D eigenvalue weighted by molar-refractivity contribution is -0.128. The third-order valence-electron chi connectivity index (χ3n) is 5.48. The fraction of sp³-hybridized carbons (Fsp3) is 0.333. The predicted molar refractivity (Wildman–Crippen MR) is 127 cm³/mol. The Balaban J connectivity index is 1.39. The molecule has 2 aromatic heterocycles. The first-order valence-corrected chi connectivity index (χ1v) is 11.6. The van der Waals surface area contributed by atoms with Gasteiger partial charge in [0, 0.05) is 54.1 Å². The Morgan fingerprint density at radius 3 is 2.81 bits per heavy atom. The summed E-state index contributed by atoms with van der Waals surface area (Å²) < 4.78 is 0. The highest BCUT2D eigenvalue weighted by Crippen LogP contribution is 2.30. The molecule has 8 heteroatoms. The van der Waals surface area contributed by atoms with Crippen molar-refractivity contribution in [1.29, 1.82) is 0 Å². The van der Waals surface area contributed by atoms with Gasteiger partial charge in [-0.1, -0.05) is 12.1 Å². The molecule has 0 aliphatic carbocycles. The largest absolute Gasteiger partial charge is 0.342 e. The molecule has 32 heavy (non-hydrogen) atoms. The van der Waals surface area contributed by atoms with E-state index >= 15 is 0 Å². The van der Waals surface area contributed by atoms with Crippen molar-refractivity contribution in [2.24, 2.45) is 5.92 Å². The number of carbonyl (C=O) groups is 2. The number of nitrogens with one attached hydrogen (secondary N) is 1. The molecule has 4 rings (SSSR count). The summed E-state index contributed by atoms with van der Waals surface area (Å²) in [6.45, 7) is 2.10. The molecule has 1 unspecified atom stereocenters. The number of pyridine rings is 1. The Morgan fingerprint density at radius 1 is 1.22 bits per heavy atom. The van der Waals surface area contributed by atoms with E-state index in [1.807, 2.05) is 55.9 Å². The monoisotopic (exact) mass is 449 g/mol. The molecule has 1 atom stereocenters. The number of nitrogens with zero attached hydrogens (tertiary/aromatic N) is 4. The predicted octanol–water partition coefficient (Wildman–Crippen LogP) is 3.61. The van der Waals surface area contributed by atoms with E-state index in [1.54, 1.807) is 28.6 Å². The maximum atomic E-state index is 12.8. The Bertz CT molecular complexity index is 1080. The molecular weight excluding hydrogens is 422 g/mol. The summed E-state index contributed by atoms with van der Waals surface area (Å²) in [7, 11) is 4.03. The molecular formula is C24H27N5O2S. The number of amides is 2. The van der Waals surface area contributed by atoms with E-state index in [9.17, 15) is 9.59 Å². The zero-order chi connectivity index (χ0) is 22.5. The molecule has 0 radical (unpaired) electrons. The Hall–Kier alpha value is -3.10. The van der Waals surface area contributed by atoms with Crippen LogP contribution in [0.4, 0.5) is 5.69 Å². The standard InChI is InChI=1S/C24H27N5O2S/c1-28(2)11-4-12-29-15-19(14-22(29)30)23(31)26-20-6-3-5-18(13-20)21-16-32-24(27-21)17-7-9-25-10-8-17/h3,5-10,13,16,19H,4,11-12,14-15H2,1-2H3,(H,26,31). The first-order valence-electron chi connectivity index (χ1n) is 10.7. The van der Waals surface area contributed by atoms with Crippen LogP contribution >= 0.6 is 11.3 Å². The van der Waals surface area contributed by atoms with E-state index < -0.39 is 0 Å². The van der Waals surface area contributed by atoms with E-state index in [-0.39, 0.29) is 24.2 Å². The molecule has 1 N–H and O–H groups in total. The second kappa shape index (κ2) is 10.0. The molecule has 3 heterocycles. The van der Waals surface area contributed by atoms with Crippen LogP contribution in [0.5, 0.6) is 0 Å². The van der Waals surface area contributed by atoms with Gasteiger partial charge in [0.2, 0.25) is 11.8 Å². The van der Waals surface area contributed by atoms with Crippen molar-refractivity contribution in [2.45, 2.75) is 12.8 Å². The van der Waals surface area contributed by atoms with Crippen LogP contribution in [0.15, 0.2) is 54.2 Å². The highest BCUT2D eigenvalue weighted by molar-refractivity contribution is 7.13. The third-order valence-corrected chi connectivity index (χ3v) is 6.37. The van der Waals surface area contributed by atoms with Crippen molar-refractivity contribution in [3.63, 3.8) is 0 Å². The SMILES string of the molecule is CN(C)CCCN1CC(C(=O)Nc2cccc(-c3csc(-c4ccncc4)n3)c2)CC1=O. The van der Waals surface area contributed by atoms with Crippen LogP contribution in [0, 0.1) is 5.92 Å². The van der Waals surface area contributed by atoms with Gasteiger partial charge in [0.25, 0.3) is 0 Å². The van der Waals surface area contributed by atoms with Crippen LogP contribution < -0.4 is 5.32 Å². The van der Waals surface area contributed by atoms with Gasteiger partial charge in [0.1, 0.15) is 5.01 Å². The number of hydrogen-bond donors (Lipinski definition) is 1. The second-order valence-electron chi connectivity index (χ2n) is 8.24. The first-order chi connectivity index (χ1) is 15.5. The lowest BCUT2D eigenvalue weighted by atomic mass is 10.1. The van der Waals surface area contributed by atoms with Crippen LogP contribution in [-0.2, 0) is 9.59 Å². The van der Waals surface area contributed by atoms with Gasteiger partial charge in [-0.05, 0) is 51.3 Å². The highest BCUT2D eigenvalue weighted by atomic mass is 32.1. The summed E-state index contributed by atoms with van der Waals surface area (Å²) in [6.07, 6.45) is 4.69. The summed E-state index contributed by atoms with van der Waals surface area (Å²) in [5.41, 5.74) is 3.54. The summed E-state index contributed by atoms with van der Waals surface area (Å²) in [5, 5.41) is 5.93. The fourth-order valence-corrected chi connectivity index (χ4v) is 4.61. The molecule has 166 valence electrons. The molecule has 2 amide bonds. The average molecular weight is 450 g/mol. The molecule has 0 bridgehead atoms. The minimum Gasteiger partial charge on any atom is -0.342 e. The van der Waals surface area contributed by atoms with Gasteiger partial charge in [-0.3, -0.25) is 14.6 Å². The van der Waals surface area contributed by atoms with E-state index in [2.05, 4.69) is 15.2 Å². The first kappa shape index (κ1) is 22.1. The van der Waals surface area contributed by atoms with E-state index in [0.717, 1.165) is 34.8 Å². The minimum atomic E-state index is -0.317. The summed E-state index contributed by atoms with van der Waals surface area (Å²) >= 11 is 1.57. The van der Waals surface area contributed by atoms with Crippen molar-refractivity contribution in [1.82, 2.24) is 19.8 Å². The quantitative estimate of drug-likeness (QED) is 0.568. The molecule has 1 aromatic carbocycles. The van der Waals surface area contributed by atoms with Crippen molar-refractivity contribution >= 4 is 28.8 Å². The molecule has 1 saturated heterocycles. The van der Waals surface area contributed by atoms with Crippen LogP contribution in [0.2, 0.25) is 0 Å². The van der Waals surface area contributed by atoms with Gasteiger partial charge in [-0.2, -0.15) is 0 Å². The van der Waals surface area contributed by atoms with Crippen LogP contribution in [0.25, 0.3) is 21.8 Å². The Morgan fingerprint density at radius 2 is 2.03 bits per heavy atom. The van der Waals surface area contributed by atoms with Gasteiger partial charge in [-0.25, -0.2) is 4.98 Å². The van der Waals surface area contributed by atoms with Gasteiger partial charge < -0.3 is 15.1 Å². The van der Waals surface area contributed by atoms with Crippen LogP contribution in [0.1, 0.15) is 12.8 Å². The van der Waals surface area contributed by atoms with Crippen molar-refractivity contribution in [3.05, 3.63) is 54.2 Å². The van der Waals surface area contributed by atoms with Crippen LogP contribution in [-0.4, -0.2) is 65.3 Å². The van der Waals surface area contributed by atoms with Gasteiger partial charge in [0.05, 0.1) is 11.6 Å². The van der Waals surface area contributed by atoms with Crippen molar-refractivity contribution in [3.8, 4) is 21.8 Å². The van der Waals surface area contributed by atoms with Crippen molar-refractivity contribution in [2.75, 3.05) is 39.0 Å². The number of thiazole rings is 1. The molecule has 1 aliphatic heterocycles. The minimum absolute atomic E-state index is 0.0590. The lowest BCUT2D eigenvalue weighted by Crippen LogP contribution is -2.30. The fourth-order valence-electron chi connectivity index (χ4n) is 3.78. The maximum absolute atomic E-state index is 12.8. The number of anilines is 1. The number of aromatic nitrogens is 2. The number of hydrogen-bond acceptors (Lipinski definition) is 6. The second-order valence-corrected chi connectivity index (χ2v) is 9.10. The Kier molecular flexibility index (Phi) is 6.92. The molecule has 3 aromatic rings. The van der Waals surface area contributed by atoms with E-state index in [1.165, 1.54) is 0 Å². The van der Waals surface area contributed by atoms with E-state index in [4.69, 9.17) is 4.98 Å². The lowest BCUT2D eigenvalue weighted by Gasteiger charge is -2.18. The molecule has 7 nitrogen and oxygen atoms in total. The number of carbonyl (C=O) groups excluding carboxylic acids is 2. The van der Waals surface area contributed by atoms with Crippen molar-refractivity contribution < 1.29 is 9.59 Å². The number of likely N-dealkylation sites (tertiary alicyclic amines) is 1. The molecule has 0 spiro atoms. The topological polar surface area (TPSA) is 78.4 Å². The number of rotatable bonds is 8. The summed E-state index contributed by atoms with van der Waals surface area (Å²) in [4.78, 5) is 37.8. The normalized spacial score (nSPS) is 16.0. The van der Waals surface area contributed by atoms with Gasteiger partial charge in [-0.15, -0.1) is 11.3 Å². The van der Waals surface area contributed by atoms with Gasteiger partial charge >= 0.3 is 0 Å². The zero-order valence-corrected chi connectivity index (χ0v) is 19.1. The third kappa shape index (κ3) is 5.38. The smallest absolute Gasteiger partial charge is 0.229 e. The average Bonchev–Trinajstić information content (AvgIpc) is 3.42. The maximum Gasteiger partial charge on any atom is 0.229 e. The molecule has 1 aliphatic rings. The summed E-state index contributed by atoms with van der Waals surface area (Å²) in [6, 6.07) is 11.5. The van der Waals surface area contributed by atoms with Crippen LogP contribution in [0.3, 0.4) is 0 Å². The summed E-state index contributed by atoms with van der Waals surface area (Å²) in [5.74, 6) is -0.367. The molecule has 0 saturated carbocycles. The Labute approximate surface area is 192 Å². The molecule has 1 fully saturated rings. The highest BCUT2D eigenvalue weighted by Gasteiger charge is 2.34. The number of benzene rings is 1. The van der Waals surface area contributed by atoms with Gasteiger partial charge in [0.15, 0.2) is 0 Å². The zero-order valence-electron chi connectivity index (χ0n) is 18.3.